The van der Waals surface area contributed by atoms with E-state index in [0.717, 1.165) is 31.8 Å². The van der Waals surface area contributed by atoms with Gasteiger partial charge in [-0.05, 0) is 32.6 Å². The molecule has 0 N–H and O–H groups in total. The molecule has 1 aliphatic rings. The fourth-order valence-electron chi connectivity index (χ4n) is 1.59. The number of ether oxygens (including phenoxy) is 1. The topological polar surface area (TPSA) is 29.5 Å². The second-order valence-electron chi connectivity index (χ2n) is 4.42. The van der Waals surface area contributed by atoms with Crippen LogP contribution in [0.3, 0.4) is 0 Å². The number of amides is 1. The highest BCUT2D eigenvalue weighted by molar-refractivity contribution is 5.77. The highest BCUT2D eigenvalue weighted by Crippen LogP contribution is 2.15. The lowest BCUT2D eigenvalue weighted by atomic mass is 9.99. The monoisotopic (exact) mass is 229 g/mol. The van der Waals surface area contributed by atoms with Crippen LogP contribution in [0, 0.1) is 5.92 Å². The lowest BCUT2D eigenvalue weighted by Crippen LogP contribution is -2.40. The van der Waals surface area contributed by atoms with Gasteiger partial charge in [0.2, 0.25) is 5.91 Å². The van der Waals surface area contributed by atoms with Crippen LogP contribution in [0.5, 0.6) is 0 Å². The molecule has 16 heavy (non-hydrogen) atoms. The second kappa shape index (κ2) is 8.57. The molecular weight excluding hydrogens is 202 g/mol. The summed E-state index contributed by atoms with van der Waals surface area (Å²) in [6, 6.07) is 0. The lowest BCUT2D eigenvalue weighted by Gasteiger charge is -2.30. The summed E-state index contributed by atoms with van der Waals surface area (Å²) in [4.78, 5) is 13.5. The van der Waals surface area contributed by atoms with E-state index in [0.29, 0.717) is 0 Å². The average Bonchev–Trinajstić information content (AvgIpc) is 2.29. The zero-order valence-corrected chi connectivity index (χ0v) is 11.5. The van der Waals surface area contributed by atoms with Gasteiger partial charge in [-0.25, -0.2) is 0 Å². The van der Waals surface area contributed by atoms with Gasteiger partial charge in [0.05, 0.1) is 6.10 Å². The summed E-state index contributed by atoms with van der Waals surface area (Å²) in [6.45, 7) is 12.2. The number of hydrogen-bond donors (Lipinski definition) is 0. The zero-order valence-electron chi connectivity index (χ0n) is 11.5. The molecule has 96 valence electrons. The molecule has 0 aromatic carbocycles. The fraction of sp³-hybridized carbons (Fsp3) is 0.923. The van der Waals surface area contributed by atoms with Crippen LogP contribution in [0.2, 0.25) is 0 Å². The van der Waals surface area contributed by atoms with Crippen LogP contribution in [-0.2, 0) is 9.53 Å². The first kappa shape index (κ1) is 15.4. The van der Waals surface area contributed by atoms with E-state index < -0.39 is 0 Å². The van der Waals surface area contributed by atoms with Crippen molar-refractivity contribution in [2.24, 2.45) is 5.92 Å². The predicted molar refractivity (Wildman–Crippen MR) is 67.4 cm³/mol. The van der Waals surface area contributed by atoms with Gasteiger partial charge in [0.1, 0.15) is 6.61 Å². The molecule has 0 spiro atoms. The first-order valence-corrected chi connectivity index (χ1v) is 6.49. The molecule has 3 heteroatoms. The molecule has 0 aliphatic carbocycles. The third kappa shape index (κ3) is 6.11. The maximum atomic E-state index is 11.6. The molecule has 0 atom stereocenters. The molecule has 1 rings (SSSR count). The summed E-state index contributed by atoms with van der Waals surface area (Å²) in [6.07, 6.45) is 2.41. The summed E-state index contributed by atoms with van der Waals surface area (Å²) >= 11 is 0. The molecule has 1 aliphatic heterocycles. The molecule has 1 amide bonds. The molecule has 0 saturated carbocycles. The Bertz CT molecular complexity index is 184. The summed E-state index contributed by atoms with van der Waals surface area (Å²) in [5.74, 6) is 0.913. The molecule has 1 heterocycles. The number of likely N-dealkylation sites (tertiary alicyclic amines) is 1. The zero-order chi connectivity index (χ0) is 12.6. The van der Waals surface area contributed by atoms with E-state index in [1.165, 1.54) is 0 Å². The molecule has 1 saturated heterocycles. The predicted octanol–water partition coefficient (Wildman–Crippen LogP) is 2.70. The van der Waals surface area contributed by atoms with Crippen molar-refractivity contribution in [2.75, 3.05) is 19.7 Å². The van der Waals surface area contributed by atoms with Crippen molar-refractivity contribution in [3.8, 4) is 0 Å². The van der Waals surface area contributed by atoms with Gasteiger partial charge in [-0.15, -0.1) is 0 Å². The number of carbonyl (C=O) groups is 1. The van der Waals surface area contributed by atoms with Crippen LogP contribution in [0.15, 0.2) is 0 Å². The van der Waals surface area contributed by atoms with E-state index >= 15 is 0 Å². The first-order valence-electron chi connectivity index (χ1n) is 6.49. The quantitative estimate of drug-likeness (QED) is 0.744. The highest BCUT2D eigenvalue weighted by atomic mass is 16.5. The first-order chi connectivity index (χ1) is 7.59. The van der Waals surface area contributed by atoms with Crippen LogP contribution < -0.4 is 0 Å². The van der Waals surface area contributed by atoms with Gasteiger partial charge in [0.15, 0.2) is 0 Å². The van der Waals surface area contributed by atoms with Gasteiger partial charge in [0, 0.05) is 13.1 Å². The van der Waals surface area contributed by atoms with E-state index in [2.05, 4.69) is 6.92 Å². The largest absolute Gasteiger partial charge is 0.369 e. The van der Waals surface area contributed by atoms with Gasteiger partial charge in [-0.3, -0.25) is 4.79 Å². The number of nitrogens with zero attached hydrogens (tertiary/aromatic N) is 1. The van der Waals surface area contributed by atoms with Crippen molar-refractivity contribution < 1.29 is 9.53 Å². The molecule has 0 bridgehead atoms. The Morgan fingerprint density at radius 1 is 1.31 bits per heavy atom. The van der Waals surface area contributed by atoms with E-state index in [9.17, 15) is 4.79 Å². The van der Waals surface area contributed by atoms with Gasteiger partial charge < -0.3 is 9.64 Å². The van der Waals surface area contributed by atoms with Gasteiger partial charge in [-0.1, -0.05) is 20.8 Å². The van der Waals surface area contributed by atoms with Crippen molar-refractivity contribution >= 4 is 5.91 Å². The Morgan fingerprint density at radius 3 is 2.25 bits per heavy atom. The van der Waals surface area contributed by atoms with Crippen molar-refractivity contribution in [3.05, 3.63) is 0 Å². The van der Waals surface area contributed by atoms with E-state index in [1.807, 2.05) is 32.6 Å². The Balaban J connectivity index is 0.00000106. The molecule has 3 nitrogen and oxygen atoms in total. The number of piperidine rings is 1. The average molecular weight is 229 g/mol. The Morgan fingerprint density at radius 2 is 1.81 bits per heavy atom. The van der Waals surface area contributed by atoms with Gasteiger partial charge >= 0.3 is 0 Å². The standard InChI is InChI=1S/C11H21NO2.C2H6/c1-9(2)14-8-11(13)12-6-4-10(3)5-7-12;1-2/h9-10H,4-8H2,1-3H3;1-2H3. The summed E-state index contributed by atoms with van der Waals surface area (Å²) in [7, 11) is 0. The van der Waals surface area contributed by atoms with Crippen molar-refractivity contribution in [3.63, 3.8) is 0 Å². The van der Waals surface area contributed by atoms with Crippen LogP contribution in [-0.4, -0.2) is 36.6 Å². The Labute approximate surface area is 100 Å². The summed E-state index contributed by atoms with van der Waals surface area (Å²) in [5, 5.41) is 0. The minimum atomic E-state index is 0.141. The second-order valence-corrected chi connectivity index (χ2v) is 4.42. The normalized spacial score (nSPS) is 17.0. The van der Waals surface area contributed by atoms with Crippen LogP contribution in [0.4, 0.5) is 0 Å². The fourth-order valence-corrected chi connectivity index (χ4v) is 1.59. The van der Waals surface area contributed by atoms with Crippen molar-refractivity contribution in [2.45, 2.75) is 53.6 Å². The number of hydrogen-bond acceptors (Lipinski definition) is 2. The Kier molecular flexibility index (Phi) is 8.26. The van der Waals surface area contributed by atoms with E-state index in [-0.39, 0.29) is 18.6 Å². The smallest absolute Gasteiger partial charge is 0.248 e. The van der Waals surface area contributed by atoms with Gasteiger partial charge in [-0.2, -0.15) is 0 Å². The third-order valence-electron chi connectivity index (χ3n) is 2.68. The summed E-state index contributed by atoms with van der Waals surface area (Å²) < 4.78 is 5.29. The molecule has 0 aromatic heterocycles. The molecule has 1 fully saturated rings. The van der Waals surface area contributed by atoms with Crippen LogP contribution >= 0.6 is 0 Å². The molecule has 0 aromatic rings. The highest BCUT2D eigenvalue weighted by Gasteiger charge is 2.20. The molecule has 0 unspecified atom stereocenters. The van der Waals surface area contributed by atoms with Gasteiger partial charge in [0.25, 0.3) is 0 Å². The number of rotatable bonds is 3. The molecule has 0 radical (unpaired) electrons. The maximum absolute atomic E-state index is 11.6. The van der Waals surface area contributed by atoms with Crippen LogP contribution in [0.25, 0.3) is 0 Å². The van der Waals surface area contributed by atoms with Crippen LogP contribution in [0.1, 0.15) is 47.5 Å². The Hall–Kier alpha value is -0.570. The number of carbonyl (C=O) groups excluding carboxylic acids is 1. The third-order valence-corrected chi connectivity index (χ3v) is 2.68. The lowest BCUT2D eigenvalue weighted by molar-refractivity contribution is -0.138. The minimum Gasteiger partial charge on any atom is -0.369 e. The SMILES string of the molecule is CC.CC1CCN(C(=O)COC(C)C)CC1. The van der Waals surface area contributed by atoms with E-state index in [1.54, 1.807) is 0 Å². The van der Waals surface area contributed by atoms with Crippen molar-refractivity contribution in [1.82, 2.24) is 4.90 Å². The summed E-state index contributed by atoms with van der Waals surface area (Å²) in [5.41, 5.74) is 0. The minimum absolute atomic E-state index is 0.141. The maximum Gasteiger partial charge on any atom is 0.248 e. The molecular formula is C13H27NO2. The van der Waals surface area contributed by atoms with Crippen molar-refractivity contribution in [1.29, 1.82) is 0 Å². The van der Waals surface area contributed by atoms with E-state index in [4.69, 9.17) is 4.74 Å².